The topological polar surface area (TPSA) is 60.7 Å². The van der Waals surface area contributed by atoms with Crippen molar-refractivity contribution in [3.8, 4) is 0 Å². The molecule has 2 aromatic rings. The molecule has 1 aliphatic rings. The average Bonchev–Trinajstić information content (AvgIpc) is 3.32. The van der Waals surface area contributed by atoms with Crippen molar-refractivity contribution < 1.29 is 0 Å². The summed E-state index contributed by atoms with van der Waals surface area (Å²) in [5, 5.41) is 11.3. The van der Waals surface area contributed by atoms with Crippen molar-refractivity contribution in [3.05, 3.63) is 48.3 Å². The number of benzene rings is 1. The summed E-state index contributed by atoms with van der Waals surface area (Å²) in [6.45, 7) is 5.70. The molecule has 2 heterocycles. The summed E-state index contributed by atoms with van der Waals surface area (Å²) in [5.74, 6) is 0.887. The van der Waals surface area contributed by atoms with Crippen LogP contribution in [0, 0.1) is 0 Å². The van der Waals surface area contributed by atoms with Gasteiger partial charge in [-0.1, -0.05) is 18.2 Å². The van der Waals surface area contributed by atoms with Gasteiger partial charge in [0.1, 0.15) is 0 Å². The molecule has 7 nitrogen and oxygen atoms in total. The van der Waals surface area contributed by atoms with E-state index < -0.39 is 0 Å². The number of anilines is 1. The van der Waals surface area contributed by atoms with E-state index in [1.54, 1.807) is 0 Å². The molecule has 0 aliphatic carbocycles. The van der Waals surface area contributed by atoms with Crippen LogP contribution in [0.5, 0.6) is 0 Å². The molecule has 1 aromatic heterocycles. The molecule has 1 saturated heterocycles. The van der Waals surface area contributed by atoms with Gasteiger partial charge in [-0.2, -0.15) is 5.10 Å². The number of aliphatic imine (C=N–C) groups is 1. The summed E-state index contributed by atoms with van der Waals surface area (Å²) >= 11 is 0. The van der Waals surface area contributed by atoms with E-state index in [1.807, 2.05) is 17.9 Å². The summed E-state index contributed by atoms with van der Waals surface area (Å²) in [4.78, 5) is 9.50. The zero-order valence-corrected chi connectivity index (χ0v) is 20.2. The fourth-order valence-corrected chi connectivity index (χ4v) is 3.62. The lowest BCUT2D eigenvalue weighted by Crippen LogP contribution is -2.45. The molecular weight excluding hydrogens is 477 g/mol. The summed E-state index contributed by atoms with van der Waals surface area (Å²) in [5.41, 5.74) is 2.47. The molecule has 2 N–H and O–H groups in total. The van der Waals surface area contributed by atoms with Gasteiger partial charge in [-0.25, -0.2) is 0 Å². The quantitative estimate of drug-likeness (QED) is 0.340. The smallest absolute Gasteiger partial charge is 0.191 e. The fraction of sp³-hybridized carbons (Fsp3) is 0.524. The average molecular weight is 511 g/mol. The van der Waals surface area contributed by atoms with Gasteiger partial charge >= 0.3 is 0 Å². The number of halogens is 1. The Labute approximate surface area is 191 Å². The predicted molar refractivity (Wildman–Crippen MR) is 131 cm³/mol. The number of para-hydroxylation sites is 1. The van der Waals surface area contributed by atoms with E-state index in [0.717, 1.165) is 32.0 Å². The van der Waals surface area contributed by atoms with Gasteiger partial charge in [-0.15, -0.1) is 24.0 Å². The van der Waals surface area contributed by atoms with Crippen LogP contribution in [0.1, 0.15) is 24.9 Å². The number of nitrogens with one attached hydrogen (secondary N) is 2. The molecule has 0 radical (unpaired) electrons. The van der Waals surface area contributed by atoms with Gasteiger partial charge in [0.05, 0.1) is 18.8 Å². The number of hydrogen-bond donors (Lipinski definition) is 2. The minimum absolute atomic E-state index is 0. The van der Waals surface area contributed by atoms with Gasteiger partial charge in [0.25, 0.3) is 0 Å². The highest BCUT2D eigenvalue weighted by Crippen LogP contribution is 2.20. The van der Waals surface area contributed by atoms with Crippen molar-refractivity contribution >= 4 is 35.6 Å². The Morgan fingerprint density at radius 2 is 2.07 bits per heavy atom. The molecule has 0 saturated carbocycles. The summed E-state index contributed by atoms with van der Waals surface area (Å²) in [7, 11) is 6.12. The molecule has 1 fully saturated rings. The first-order valence-corrected chi connectivity index (χ1v) is 10.1. The van der Waals surface area contributed by atoms with Crippen molar-refractivity contribution in [2.45, 2.75) is 25.4 Å². The number of rotatable bonds is 7. The SMILES string of the molecule is CCNC(=NCC(c1cnn(C)c1)N(C)C)NC1CCN(c2ccccc2)C1.I. The van der Waals surface area contributed by atoms with Crippen molar-refractivity contribution in [2.24, 2.45) is 12.0 Å². The molecule has 1 aliphatic heterocycles. The van der Waals surface area contributed by atoms with Gasteiger partial charge in [0.2, 0.25) is 0 Å². The molecule has 0 bridgehead atoms. The number of hydrogen-bond acceptors (Lipinski definition) is 4. The van der Waals surface area contributed by atoms with Crippen molar-refractivity contribution in [1.82, 2.24) is 25.3 Å². The minimum atomic E-state index is 0. The highest BCUT2D eigenvalue weighted by Gasteiger charge is 2.23. The normalized spacial score (nSPS) is 17.9. The van der Waals surface area contributed by atoms with Crippen molar-refractivity contribution in [2.75, 3.05) is 45.2 Å². The molecule has 8 heteroatoms. The Kier molecular flexibility index (Phi) is 9.22. The predicted octanol–water partition coefficient (Wildman–Crippen LogP) is 2.47. The van der Waals surface area contributed by atoms with Gasteiger partial charge in [-0.05, 0) is 39.6 Å². The van der Waals surface area contributed by atoms with E-state index >= 15 is 0 Å². The van der Waals surface area contributed by atoms with Crippen LogP contribution in [0.3, 0.4) is 0 Å². The van der Waals surface area contributed by atoms with Crippen molar-refractivity contribution in [3.63, 3.8) is 0 Å². The Morgan fingerprint density at radius 3 is 2.69 bits per heavy atom. The van der Waals surface area contributed by atoms with E-state index in [9.17, 15) is 0 Å². The summed E-state index contributed by atoms with van der Waals surface area (Å²) in [6.07, 6.45) is 5.10. The van der Waals surface area contributed by atoms with Gasteiger partial charge in [0.15, 0.2) is 5.96 Å². The number of nitrogens with zero attached hydrogens (tertiary/aromatic N) is 5. The summed E-state index contributed by atoms with van der Waals surface area (Å²) < 4.78 is 1.84. The fourth-order valence-electron chi connectivity index (χ4n) is 3.62. The molecule has 0 spiro atoms. The van der Waals surface area contributed by atoms with Gasteiger partial charge < -0.3 is 20.4 Å². The zero-order chi connectivity index (χ0) is 19.9. The van der Waals surface area contributed by atoms with E-state index in [-0.39, 0.29) is 30.0 Å². The van der Waals surface area contributed by atoms with Crippen LogP contribution < -0.4 is 15.5 Å². The molecule has 29 heavy (non-hydrogen) atoms. The molecule has 2 atom stereocenters. The van der Waals surface area contributed by atoms with Crippen LogP contribution in [0.15, 0.2) is 47.7 Å². The highest BCUT2D eigenvalue weighted by molar-refractivity contribution is 14.0. The van der Waals surface area contributed by atoms with E-state index in [4.69, 9.17) is 4.99 Å². The minimum Gasteiger partial charge on any atom is -0.369 e. The maximum Gasteiger partial charge on any atom is 0.191 e. The molecular formula is C21H34IN7. The third kappa shape index (κ3) is 6.60. The largest absolute Gasteiger partial charge is 0.369 e. The second-order valence-corrected chi connectivity index (χ2v) is 7.56. The first-order valence-electron chi connectivity index (χ1n) is 10.1. The molecule has 160 valence electrons. The van der Waals surface area contributed by atoms with Crippen LogP contribution in [0.2, 0.25) is 0 Å². The maximum absolute atomic E-state index is 4.88. The molecule has 0 amide bonds. The Bertz CT molecular complexity index is 759. The Balaban J connectivity index is 0.00000300. The highest BCUT2D eigenvalue weighted by atomic mass is 127. The molecule has 2 unspecified atom stereocenters. The lowest BCUT2D eigenvalue weighted by molar-refractivity contribution is 0.306. The second-order valence-electron chi connectivity index (χ2n) is 7.56. The number of guanidine groups is 1. The standard InChI is InChI=1S/C21H33N7.HI/c1-5-22-21(23-14-20(26(2)3)17-13-24-27(4)15-17)25-18-11-12-28(16-18)19-9-7-6-8-10-19;/h6-10,13,15,18,20H,5,11-12,14,16H2,1-4H3,(H2,22,23,25);1H. The maximum atomic E-state index is 4.88. The first kappa shape index (κ1) is 23.5. The first-order chi connectivity index (χ1) is 13.6. The lowest BCUT2D eigenvalue weighted by atomic mass is 10.1. The monoisotopic (exact) mass is 511 g/mol. The van der Waals surface area contributed by atoms with E-state index in [1.165, 1.54) is 11.3 Å². The van der Waals surface area contributed by atoms with Crippen LogP contribution in [-0.2, 0) is 7.05 Å². The van der Waals surface area contributed by atoms with E-state index in [2.05, 4.69) is 83.1 Å². The van der Waals surface area contributed by atoms with Gasteiger partial charge in [0, 0.05) is 50.2 Å². The third-order valence-corrected chi connectivity index (χ3v) is 5.15. The van der Waals surface area contributed by atoms with Gasteiger partial charge in [-0.3, -0.25) is 9.67 Å². The Morgan fingerprint density at radius 1 is 1.31 bits per heavy atom. The van der Waals surface area contributed by atoms with Crippen LogP contribution >= 0.6 is 24.0 Å². The van der Waals surface area contributed by atoms with Crippen molar-refractivity contribution in [1.29, 1.82) is 0 Å². The van der Waals surface area contributed by atoms with Crippen LogP contribution in [0.4, 0.5) is 5.69 Å². The number of aromatic nitrogens is 2. The molecule has 1 aromatic carbocycles. The zero-order valence-electron chi connectivity index (χ0n) is 17.9. The van der Waals surface area contributed by atoms with Crippen LogP contribution in [0.25, 0.3) is 0 Å². The van der Waals surface area contributed by atoms with Crippen LogP contribution in [-0.4, -0.2) is 67.0 Å². The number of likely N-dealkylation sites (N-methyl/N-ethyl adjacent to an activating group) is 1. The number of aryl methyl sites for hydroxylation is 1. The second kappa shape index (κ2) is 11.4. The Hall–Kier alpha value is -1.81. The lowest BCUT2D eigenvalue weighted by Gasteiger charge is -2.23. The van der Waals surface area contributed by atoms with E-state index in [0.29, 0.717) is 12.6 Å². The third-order valence-electron chi connectivity index (χ3n) is 5.15. The molecule has 3 rings (SSSR count). The summed E-state index contributed by atoms with van der Waals surface area (Å²) in [6, 6.07) is 11.2.